The van der Waals surface area contributed by atoms with Gasteiger partial charge >= 0.3 is 0 Å². The molecule has 6 heteroatoms. The van der Waals surface area contributed by atoms with Gasteiger partial charge in [0, 0.05) is 18.8 Å². The van der Waals surface area contributed by atoms with Crippen LogP contribution in [0.4, 0.5) is 5.95 Å². The quantitative estimate of drug-likeness (QED) is 0.785. The molecular weight excluding hydrogens is 252 g/mol. The summed E-state index contributed by atoms with van der Waals surface area (Å²) in [4.78, 5) is 13.2. The zero-order valence-corrected chi connectivity index (χ0v) is 11.5. The van der Waals surface area contributed by atoms with Crippen LogP contribution in [0.5, 0.6) is 0 Å². The summed E-state index contributed by atoms with van der Waals surface area (Å²) in [6.07, 6.45) is 5.56. The molecule has 0 saturated heterocycles. The van der Waals surface area contributed by atoms with Crippen molar-refractivity contribution in [3.05, 3.63) is 30.2 Å². The summed E-state index contributed by atoms with van der Waals surface area (Å²) in [7, 11) is 1.89. The molecule has 0 aromatic carbocycles. The van der Waals surface area contributed by atoms with E-state index in [1.807, 2.05) is 25.4 Å². The van der Waals surface area contributed by atoms with Crippen molar-refractivity contribution in [3.63, 3.8) is 0 Å². The smallest absolute Gasteiger partial charge is 0.220 e. The van der Waals surface area contributed by atoms with Crippen LogP contribution in [0.3, 0.4) is 0 Å². The second-order valence-corrected chi connectivity index (χ2v) is 4.75. The first-order valence-electron chi connectivity index (χ1n) is 6.59. The lowest BCUT2D eigenvalue weighted by Crippen LogP contribution is -2.02. The highest BCUT2D eigenvalue weighted by Gasteiger charge is 2.10. The van der Waals surface area contributed by atoms with E-state index < -0.39 is 0 Å². The minimum absolute atomic E-state index is 0.303. The number of rotatable bonds is 3. The van der Waals surface area contributed by atoms with Crippen molar-refractivity contribution in [2.75, 3.05) is 5.73 Å². The number of nitrogen functional groups attached to an aromatic ring is 1. The molecule has 6 nitrogen and oxygen atoms in total. The van der Waals surface area contributed by atoms with Crippen LogP contribution in [0.25, 0.3) is 22.3 Å². The maximum Gasteiger partial charge on any atom is 0.220 e. The number of aryl methyl sites for hydroxylation is 2. The molecule has 0 saturated carbocycles. The van der Waals surface area contributed by atoms with Crippen LogP contribution in [0, 0.1) is 0 Å². The van der Waals surface area contributed by atoms with Gasteiger partial charge in [0.15, 0.2) is 0 Å². The van der Waals surface area contributed by atoms with Gasteiger partial charge in [0.1, 0.15) is 5.52 Å². The van der Waals surface area contributed by atoms with Gasteiger partial charge in [-0.05, 0) is 18.6 Å². The van der Waals surface area contributed by atoms with Crippen molar-refractivity contribution in [3.8, 4) is 11.3 Å². The zero-order valence-electron chi connectivity index (χ0n) is 11.5. The maximum atomic E-state index is 5.74. The summed E-state index contributed by atoms with van der Waals surface area (Å²) in [5.41, 5.74) is 10.1. The van der Waals surface area contributed by atoms with E-state index in [9.17, 15) is 0 Å². The molecule has 3 rings (SSSR count). The highest BCUT2D eigenvalue weighted by atomic mass is 15.2. The Morgan fingerprint density at radius 2 is 2.05 bits per heavy atom. The zero-order chi connectivity index (χ0) is 14.1. The second-order valence-electron chi connectivity index (χ2n) is 4.75. The first kappa shape index (κ1) is 12.5. The number of nitrogens with zero attached hydrogens (tertiary/aromatic N) is 5. The summed E-state index contributed by atoms with van der Waals surface area (Å²) in [5, 5.41) is 4.17. The first-order valence-corrected chi connectivity index (χ1v) is 6.59. The van der Waals surface area contributed by atoms with E-state index in [1.165, 1.54) is 0 Å². The van der Waals surface area contributed by atoms with Crippen molar-refractivity contribution >= 4 is 17.0 Å². The number of anilines is 1. The van der Waals surface area contributed by atoms with Crippen molar-refractivity contribution in [2.24, 2.45) is 7.05 Å². The Balaban J connectivity index is 2.18. The fourth-order valence-electron chi connectivity index (χ4n) is 2.22. The Hall–Kier alpha value is -2.50. The summed E-state index contributed by atoms with van der Waals surface area (Å²) in [6, 6.07) is 3.86. The highest BCUT2D eigenvalue weighted by molar-refractivity contribution is 5.80. The van der Waals surface area contributed by atoms with E-state index in [0.29, 0.717) is 5.95 Å². The van der Waals surface area contributed by atoms with Gasteiger partial charge in [-0.25, -0.2) is 15.0 Å². The van der Waals surface area contributed by atoms with E-state index in [-0.39, 0.29) is 0 Å². The van der Waals surface area contributed by atoms with E-state index in [0.717, 1.165) is 40.8 Å². The average Bonchev–Trinajstić information content (AvgIpc) is 2.85. The van der Waals surface area contributed by atoms with E-state index >= 15 is 0 Å². The Bertz CT molecular complexity index is 761. The molecule has 3 aromatic heterocycles. The summed E-state index contributed by atoms with van der Waals surface area (Å²) >= 11 is 0. The molecular formula is C14H16N6. The molecule has 20 heavy (non-hydrogen) atoms. The van der Waals surface area contributed by atoms with E-state index in [1.54, 1.807) is 10.9 Å². The predicted molar refractivity (Wildman–Crippen MR) is 77.9 cm³/mol. The third-order valence-corrected chi connectivity index (χ3v) is 3.12. The van der Waals surface area contributed by atoms with Crippen molar-refractivity contribution in [2.45, 2.75) is 19.8 Å². The summed E-state index contributed by atoms with van der Waals surface area (Å²) in [6.45, 7) is 2.11. The van der Waals surface area contributed by atoms with Gasteiger partial charge < -0.3 is 5.73 Å². The molecule has 3 heterocycles. The van der Waals surface area contributed by atoms with Crippen LogP contribution in [-0.2, 0) is 13.5 Å². The molecule has 0 aliphatic rings. The average molecular weight is 268 g/mol. The molecule has 0 spiro atoms. The fourth-order valence-corrected chi connectivity index (χ4v) is 2.22. The maximum absolute atomic E-state index is 5.74. The molecule has 0 aliphatic heterocycles. The molecule has 0 fully saturated rings. The topological polar surface area (TPSA) is 82.5 Å². The number of pyridine rings is 1. The third kappa shape index (κ3) is 2.20. The normalized spacial score (nSPS) is 11.1. The van der Waals surface area contributed by atoms with E-state index in [4.69, 9.17) is 5.73 Å². The molecule has 0 amide bonds. The summed E-state index contributed by atoms with van der Waals surface area (Å²) < 4.78 is 1.76. The summed E-state index contributed by atoms with van der Waals surface area (Å²) in [5.74, 6) is 0.303. The molecule has 0 aliphatic carbocycles. The number of nitrogens with two attached hydrogens (primary N) is 1. The van der Waals surface area contributed by atoms with Crippen molar-refractivity contribution in [1.82, 2.24) is 24.7 Å². The Morgan fingerprint density at radius 1 is 1.20 bits per heavy atom. The van der Waals surface area contributed by atoms with Crippen molar-refractivity contribution in [1.29, 1.82) is 0 Å². The van der Waals surface area contributed by atoms with Gasteiger partial charge in [-0.3, -0.25) is 4.68 Å². The standard InChI is InChI=1S/C14H16N6/c1-3-4-11-13-12(19-14(15)18-11)6-5-10(17-13)9-7-16-20(2)8-9/h5-8H,3-4H2,1-2H3,(H2,15,18,19). The molecule has 0 atom stereocenters. The van der Waals surface area contributed by atoms with Crippen LogP contribution in [0.15, 0.2) is 24.5 Å². The molecule has 3 aromatic rings. The Labute approximate surface area is 116 Å². The number of fused-ring (bicyclic) bond motifs is 1. The van der Waals surface area contributed by atoms with Crippen LogP contribution in [0.2, 0.25) is 0 Å². The SMILES string of the molecule is CCCc1nc(N)nc2ccc(-c3cnn(C)c3)nc12. The van der Waals surface area contributed by atoms with Gasteiger partial charge in [0.25, 0.3) is 0 Å². The van der Waals surface area contributed by atoms with Crippen LogP contribution in [-0.4, -0.2) is 24.7 Å². The highest BCUT2D eigenvalue weighted by Crippen LogP contribution is 2.22. The lowest BCUT2D eigenvalue weighted by Gasteiger charge is -2.06. The lowest BCUT2D eigenvalue weighted by molar-refractivity contribution is 0.768. The minimum atomic E-state index is 0.303. The van der Waals surface area contributed by atoms with Crippen molar-refractivity contribution < 1.29 is 0 Å². The van der Waals surface area contributed by atoms with Gasteiger partial charge in [0.2, 0.25) is 5.95 Å². The van der Waals surface area contributed by atoms with Crippen LogP contribution in [0.1, 0.15) is 19.0 Å². The number of hydrogen-bond donors (Lipinski definition) is 1. The molecule has 102 valence electrons. The first-order chi connectivity index (χ1) is 9.67. The number of hydrogen-bond acceptors (Lipinski definition) is 5. The molecule has 0 bridgehead atoms. The fraction of sp³-hybridized carbons (Fsp3) is 0.286. The molecule has 0 unspecified atom stereocenters. The Kier molecular flexibility index (Phi) is 3.06. The Morgan fingerprint density at radius 3 is 2.75 bits per heavy atom. The predicted octanol–water partition coefficient (Wildman–Crippen LogP) is 1.96. The third-order valence-electron chi connectivity index (χ3n) is 3.12. The minimum Gasteiger partial charge on any atom is -0.368 e. The van der Waals surface area contributed by atoms with Gasteiger partial charge in [0.05, 0.1) is 23.1 Å². The van der Waals surface area contributed by atoms with Gasteiger partial charge in [-0.1, -0.05) is 13.3 Å². The largest absolute Gasteiger partial charge is 0.368 e. The number of aromatic nitrogens is 5. The lowest BCUT2D eigenvalue weighted by atomic mass is 10.1. The molecule has 2 N–H and O–H groups in total. The monoisotopic (exact) mass is 268 g/mol. The van der Waals surface area contributed by atoms with Crippen LogP contribution < -0.4 is 5.73 Å². The van der Waals surface area contributed by atoms with Crippen LogP contribution >= 0.6 is 0 Å². The second kappa shape index (κ2) is 4.88. The van der Waals surface area contributed by atoms with E-state index in [2.05, 4.69) is 27.0 Å². The molecule has 0 radical (unpaired) electrons. The van der Waals surface area contributed by atoms with Gasteiger partial charge in [-0.15, -0.1) is 0 Å². The van der Waals surface area contributed by atoms with Gasteiger partial charge in [-0.2, -0.15) is 5.10 Å².